The zero-order chi connectivity index (χ0) is 16.3. The lowest BCUT2D eigenvalue weighted by Gasteiger charge is -2.27. The van der Waals surface area contributed by atoms with Gasteiger partial charge in [-0.2, -0.15) is 0 Å². The normalized spacial score (nSPS) is 20.5. The zero-order valence-electron chi connectivity index (χ0n) is 12.9. The van der Waals surface area contributed by atoms with Gasteiger partial charge < -0.3 is 9.94 Å². The summed E-state index contributed by atoms with van der Waals surface area (Å²) < 4.78 is 5.28. The van der Waals surface area contributed by atoms with Crippen LogP contribution in [0.2, 0.25) is 0 Å². The molecule has 118 valence electrons. The van der Waals surface area contributed by atoms with Crippen molar-refractivity contribution in [2.24, 2.45) is 5.16 Å². The molecular weight excluding hydrogens is 284 g/mol. The Morgan fingerprint density at radius 2 is 2.00 bits per heavy atom. The number of benzene rings is 1. The molecule has 1 aliphatic heterocycles. The topological polar surface area (TPSA) is 79.2 Å². The van der Waals surface area contributed by atoms with Gasteiger partial charge in [-0.05, 0) is 32.8 Å². The molecule has 1 fully saturated rings. The number of likely N-dealkylation sites (tertiary alicyclic amines) is 1. The van der Waals surface area contributed by atoms with E-state index in [4.69, 9.17) is 9.94 Å². The summed E-state index contributed by atoms with van der Waals surface area (Å²) in [6.45, 7) is 5.20. The second kappa shape index (κ2) is 6.17. The number of hydrogen-bond donors (Lipinski definition) is 1. The van der Waals surface area contributed by atoms with Crippen molar-refractivity contribution in [3.63, 3.8) is 0 Å². The third kappa shape index (κ3) is 3.63. The Labute approximate surface area is 129 Å². The lowest BCUT2D eigenvalue weighted by molar-refractivity contribution is -0.128. The van der Waals surface area contributed by atoms with Gasteiger partial charge >= 0.3 is 6.09 Å². The van der Waals surface area contributed by atoms with Gasteiger partial charge in [-0.3, -0.25) is 4.79 Å². The second-order valence-corrected chi connectivity index (χ2v) is 6.22. The Bertz CT molecular complexity index is 590. The number of oxime groups is 1. The van der Waals surface area contributed by atoms with Crippen LogP contribution in [0.25, 0.3) is 0 Å². The molecular formula is C16H20N2O4. The highest BCUT2D eigenvalue weighted by atomic mass is 16.6. The second-order valence-electron chi connectivity index (χ2n) is 6.22. The molecule has 6 nitrogen and oxygen atoms in total. The molecule has 1 aromatic rings. The monoisotopic (exact) mass is 304 g/mol. The molecule has 1 saturated heterocycles. The molecule has 1 atom stereocenters. The van der Waals surface area contributed by atoms with Gasteiger partial charge in [0.25, 0.3) is 0 Å². The Morgan fingerprint density at radius 3 is 2.55 bits per heavy atom. The molecule has 0 spiro atoms. The van der Waals surface area contributed by atoms with E-state index < -0.39 is 23.6 Å². The van der Waals surface area contributed by atoms with E-state index in [0.717, 1.165) is 10.5 Å². The predicted octanol–water partition coefficient (Wildman–Crippen LogP) is 2.60. The average molecular weight is 304 g/mol. The molecule has 1 aliphatic rings. The molecule has 22 heavy (non-hydrogen) atoms. The van der Waals surface area contributed by atoms with Gasteiger partial charge in [0.2, 0.25) is 5.91 Å². The summed E-state index contributed by atoms with van der Waals surface area (Å²) in [4.78, 5) is 25.4. The first-order valence-corrected chi connectivity index (χ1v) is 7.11. The standard InChI is InChI=1S/C16H20N2O4/c1-16(2,3)22-15(20)18-13(12(17-21)10-14(18)19)9-11-7-5-4-6-8-11/h4-8,13,21H,9-10H2,1-3H3/b17-12+/t13-/m0/s1. The van der Waals surface area contributed by atoms with Crippen LogP contribution in [0.15, 0.2) is 35.5 Å². The van der Waals surface area contributed by atoms with Crippen LogP contribution in [0.5, 0.6) is 0 Å². The number of carbonyl (C=O) groups is 2. The van der Waals surface area contributed by atoms with Gasteiger partial charge in [-0.15, -0.1) is 0 Å². The van der Waals surface area contributed by atoms with Crippen LogP contribution in [-0.2, 0) is 16.0 Å². The molecule has 0 saturated carbocycles. The first-order valence-electron chi connectivity index (χ1n) is 7.11. The third-order valence-corrected chi connectivity index (χ3v) is 3.29. The SMILES string of the molecule is CC(C)(C)OC(=O)N1C(=O)C/C(=N\O)[C@@H]1Cc1ccccc1. The molecule has 0 unspecified atom stereocenters. The first kappa shape index (κ1) is 16.0. The molecule has 1 aromatic carbocycles. The highest BCUT2D eigenvalue weighted by Gasteiger charge is 2.43. The lowest BCUT2D eigenvalue weighted by atomic mass is 10.0. The highest BCUT2D eigenvalue weighted by molar-refractivity contribution is 6.15. The van der Waals surface area contributed by atoms with Crippen molar-refractivity contribution in [3.05, 3.63) is 35.9 Å². The van der Waals surface area contributed by atoms with Crippen LogP contribution in [0.1, 0.15) is 32.8 Å². The third-order valence-electron chi connectivity index (χ3n) is 3.29. The fourth-order valence-corrected chi connectivity index (χ4v) is 2.37. The van der Waals surface area contributed by atoms with Gasteiger partial charge in [0, 0.05) is 0 Å². The molecule has 1 N–H and O–H groups in total. The molecule has 0 radical (unpaired) electrons. The van der Waals surface area contributed by atoms with Crippen molar-refractivity contribution in [1.29, 1.82) is 0 Å². The first-order chi connectivity index (χ1) is 10.3. The van der Waals surface area contributed by atoms with Crippen molar-refractivity contribution >= 4 is 17.7 Å². The molecule has 1 heterocycles. The van der Waals surface area contributed by atoms with E-state index in [9.17, 15) is 9.59 Å². The summed E-state index contributed by atoms with van der Waals surface area (Å²) >= 11 is 0. The number of nitrogens with zero attached hydrogens (tertiary/aromatic N) is 2. The van der Waals surface area contributed by atoms with Crippen LogP contribution in [-0.4, -0.2) is 39.5 Å². The van der Waals surface area contributed by atoms with E-state index in [2.05, 4.69) is 5.16 Å². The number of amides is 2. The maximum absolute atomic E-state index is 12.3. The minimum absolute atomic E-state index is 0.0761. The van der Waals surface area contributed by atoms with Gasteiger partial charge in [0.15, 0.2) is 0 Å². The summed E-state index contributed by atoms with van der Waals surface area (Å²) in [5, 5.41) is 12.3. The Morgan fingerprint density at radius 1 is 1.36 bits per heavy atom. The van der Waals surface area contributed by atoms with E-state index in [0.29, 0.717) is 6.42 Å². The van der Waals surface area contributed by atoms with Crippen molar-refractivity contribution in [2.75, 3.05) is 0 Å². The van der Waals surface area contributed by atoms with Crippen LogP contribution in [0, 0.1) is 0 Å². The molecule has 2 rings (SSSR count). The largest absolute Gasteiger partial charge is 0.443 e. The van der Waals surface area contributed by atoms with Crippen LogP contribution >= 0.6 is 0 Å². The van der Waals surface area contributed by atoms with Gasteiger partial charge in [0.1, 0.15) is 5.60 Å². The zero-order valence-corrected chi connectivity index (χ0v) is 12.9. The Kier molecular flexibility index (Phi) is 4.49. The fourth-order valence-electron chi connectivity index (χ4n) is 2.37. The maximum Gasteiger partial charge on any atom is 0.417 e. The van der Waals surface area contributed by atoms with Crippen LogP contribution in [0.4, 0.5) is 4.79 Å². The number of ether oxygens (including phenoxy) is 1. The van der Waals surface area contributed by atoms with E-state index in [1.807, 2.05) is 30.3 Å². The van der Waals surface area contributed by atoms with E-state index in [1.165, 1.54) is 0 Å². The van der Waals surface area contributed by atoms with Crippen molar-refractivity contribution in [1.82, 2.24) is 4.90 Å². The summed E-state index contributed by atoms with van der Waals surface area (Å²) in [5.74, 6) is -0.414. The number of rotatable bonds is 2. The molecule has 0 aromatic heterocycles. The Hall–Kier alpha value is -2.37. The molecule has 2 amide bonds. The lowest BCUT2D eigenvalue weighted by Crippen LogP contribution is -2.44. The van der Waals surface area contributed by atoms with Crippen LogP contribution < -0.4 is 0 Å². The molecule has 0 bridgehead atoms. The summed E-state index contributed by atoms with van der Waals surface area (Å²) in [5.41, 5.74) is 0.518. The van der Waals surface area contributed by atoms with E-state index >= 15 is 0 Å². The number of hydrogen-bond acceptors (Lipinski definition) is 5. The fraction of sp³-hybridized carbons (Fsp3) is 0.438. The summed E-state index contributed by atoms with van der Waals surface area (Å²) in [6, 6.07) is 8.81. The van der Waals surface area contributed by atoms with Gasteiger partial charge in [-0.25, -0.2) is 9.69 Å². The molecule has 6 heteroatoms. The van der Waals surface area contributed by atoms with Crippen LogP contribution in [0.3, 0.4) is 0 Å². The Balaban J connectivity index is 2.25. The van der Waals surface area contributed by atoms with Crippen molar-refractivity contribution in [3.8, 4) is 0 Å². The minimum Gasteiger partial charge on any atom is -0.443 e. The van der Waals surface area contributed by atoms with Gasteiger partial charge in [-0.1, -0.05) is 35.5 Å². The van der Waals surface area contributed by atoms with E-state index in [-0.39, 0.29) is 12.1 Å². The quantitative estimate of drug-likeness (QED) is 0.673. The minimum atomic E-state index is -0.711. The smallest absolute Gasteiger partial charge is 0.417 e. The summed E-state index contributed by atoms with van der Waals surface area (Å²) in [7, 11) is 0. The highest BCUT2D eigenvalue weighted by Crippen LogP contribution is 2.23. The predicted molar refractivity (Wildman–Crippen MR) is 80.9 cm³/mol. The number of imide groups is 1. The molecule has 0 aliphatic carbocycles. The average Bonchev–Trinajstić information content (AvgIpc) is 2.74. The maximum atomic E-state index is 12.3. The number of carbonyl (C=O) groups excluding carboxylic acids is 2. The van der Waals surface area contributed by atoms with Gasteiger partial charge in [0.05, 0.1) is 18.2 Å². The van der Waals surface area contributed by atoms with E-state index in [1.54, 1.807) is 20.8 Å². The summed E-state index contributed by atoms with van der Waals surface area (Å²) in [6.07, 6.45) is -0.393. The van der Waals surface area contributed by atoms with Crippen molar-refractivity contribution in [2.45, 2.75) is 45.3 Å². The van der Waals surface area contributed by atoms with Crippen molar-refractivity contribution < 1.29 is 19.5 Å².